The van der Waals surface area contributed by atoms with E-state index in [0.717, 1.165) is 5.69 Å². The molecule has 0 saturated heterocycles. The molecular formula is C13H12ClN3O. The highest BCUT2D eigenvalue weighted by atomic mass is 35.5. The summed E-state index contributed by atoms with van der Waals surface area (Å²) in [5.74, 6) is 1.03. The maximum absolute atomic E-state index is 7.52. The molecule has 0 aliphatic carbocycles. The van der Waals surface area contributed by atoms with E-state index in [1.807, 2.05) is 6.92 Å². The third-order valence-corrected chi connectivity index (χ3v) is 2.65. The summed E-state index contributed by atoms with van der Waals surface area (Å²) in [5.41, 5.74) is 6.73. The highest BCUT2D eigenvalue weighted by molar-refractivity contribution is 6.31. The lowest BCUT2D eigenvalue weighted by Gasteiger charge is -2.11. The normalized spacial score (nSPS) is 10.1. The number of pyridine rings is 1. The van der Waals surface area contributed by atoms with E-state index < -0.39 is 0 Å². The summed E-state index contributed by atoms with van der Waals surface area (Å²) in [6.07, 6.45) is 1.69. The predicted molar refractivity (Wildman–Crippen MR) is 71.5 cm³/mol. The molecule has 2 aromatic rings. The molecule has 0 aliphatic heterocycles. The van der Waals surface area contributed by atoms with Crippen LogP contribution < -0.4 is 10.5 Å². The number of hydrogen-bond acceptors (Lipinski definition) is 3. The van der Waals surface area contributed by atoms with Crippen LogP contribution in [0.4, 0.5) is 0 Å². The molecule has 0 radical (unpaired) electrons. The van der Waals surface area contributed by atoms with E-state index in [9.17, 15) is 0 Å². The number of nitrogens with zero attached hydrogens (tertiary/aromatic N) is 1. The molecule has 0 saturated carbocycles. The van der Waals surface area contributed by atoms with Gasteiger partial charge in [-0.3, -0.25) is 10.4 Å². The number of nitrogens with one attached hydrogen (secondary N) is 1. The quantitative estimate of drug-likeness (QED) is 0.659. The molecular weight excluding hydrogens is 250 g/mol. The van der Waals surface area contributed by atoms with Crippen molar-refractivity contribution in [3.8, 4) is 11.5 Å². The summed E-state index contributed by atoms with van der Waals surface area (Å²) in [5, 5.41) is 8.03. The van der Waals surface area contributed by atoms with Crippen molar-refractivity contribution in [1.82, 2.24) is 4.98 Å². The van der Waals surface area contributed by atoms with Crippen LogP contribution in [0.5, 0.6) is 11.5 Å². The van der Waals surface area contributed by atoms with Crippen molar-refractivity contribution >= 4 is 17.4 Å². The third kappa shape index (κ3) is 2.60. The Balaban J connectivity index is 2.41. The van der Waals surface area contributed by atoms with Crippen LogP contribution >= 0.6 is 11.6 Å². The highest BCUT2D eigenvalue weighted by Crippen LogP contribution is 2.28. The van der Waals surface area contributed by atoms with Crippen LogP contribution in [0.25, 0.3) is 0 Å². The summed E-state index contributed by atoms with van der Waals surface area (Å²) >= 11 is 5.88. The minimum Gasteiger partial charge on any atom is -0.455 e. The first-order chi connectivity index (χ1) is 8.58. The smallest absolute Gasteiger partial charge is 0.148 e. The second-order valence-electron chi connectivity index (χ2n) is 3.74. The van der Waals surface area contributed by atoms with Gasteiger partial charge in [0.1, 0.15) is 17.3 Å². The number of halogens is 1. The first-order valence-electron chi connectivity index (χ1n) is 5.31. The lowest BCUT2D eigenvalue weighted by molar-refractivity contribution is 0.474. The van der Waals surface area contributed by atoms with Gasteiger partial charge in [-0.2, -0.15) is 0 Å². The summed E-state index contributed by atoms with van der Waals surface area (Å²) in [6, 6.07) is 8.57. The molecule has 1 aromatic carbocycles. The Hall–Kier alpha value is -2.07. The van der Waals surface area contributed by atoms with Crippen molar-refractivity contribution in [2.24, 2.45) is 5.73 Å². The molecule has 2 rings (SSSR count). The fourth-order valence-electron chi connectivity index (χ4n) is 1.50. The fraction of sp³-hybridized carbons (Fsp3) is 0.0769. The minimum atomic E-state index is -0.0888. The van der Waals surface area contributed by atoms with Crippen LogP contribution in [0.15, 0.2) is 36.5 Å². The van der Waals surface area contributed by atoms with E-state index in [0.29, 0.717) is 22.1 Å². The fourth-order valence-corrected chi connectivity index (χ4v) is 1.67. The number of nitrogen functional groups attached to an aromatic ring is 1. The molecule has 0 spiro atoms. The van der Waals surface area contributed by atoms with Crippen molar-refractivity contribution in [2.45, 2.75) is 6.92 Å². The van der Waals surface area contributed by atoms with E-state index in [1.54, 1.807) is 36.5 Å². The molecule has 3 N–H and O–H groups in total. The molecule has 0 unspecified atom stereocenters. The number of hydrogen-bond donors (Lipinski definition) is 2. The van der Waals surface area contributed by atoms with Crippen LogP contribution in [-0.2, 0) is 0 Å². The maximum Gasteiger partial charge on any atom is 0.148 e. The zero-order valence-electron chi connectivity index (χ0n) is 9.77. The number of ether oxygens (including phenoxy) is 1. The Morgan fingerprint density at radius 2 is 2.11 bits per heavy atom. The van der Waals surface area contributed by atoms with Gasteiger partial charge >= 0.3 is 0 Å². The van der Waals surface area contributed by atoms with Crippen LogP contribution in [0, 0.1) is 12.3 Å². The van der Waals surface area contributed by atoms with Crippen LogP contribution in [0.1, 0.15) is 11.3 Å². The molecule has 0 atom stereocenters. The molecule has 0 aliphatic rings. The molecule has 92 valence electrons. The largest absolute Gasteiger partial charge is 0.455 e. The Morgan fingerprint density at radius 1 is 1.33 bits per heavy atom. The zero-order valence-corrected chi connectivity index (χ0v) is 10.5. The molecule has 1 aromatic heterocycles. The Kier molecular flexibility index (Phi) is 3.48. The summed E-state index contributed by atoms with van der Waals surface area (Å²) in [7, 11) is 0. The molecule has 0 fully saturated rings. The number of aromatic nitrogens is 1. The number of benzene rings is 1. The molecule has 0 amide bonds. The molecule has 5 heteroatoms. The van der Waals surface area contributed by atoms with Gasteiger partial charge in [0.25, 0.3) is 0 Å². The highest BCUT2D eigenvalue weighted by Gasteiger charge is 2.10. The summed E-state index contributed by atoms with van der Waals surface area (Å²) in [6.45, 7) is 1.85. The second kappa shape index (κ2) is 5.06. The minimum absolute atomic E-state index is 0.0888. The van der Waals surface area contributed by atoms with Gasteiger partial charge in [0.2, 0.25) is 0 Å². The number of nitrogens with two attached hydrogens (primary N) is 1. The van der Waals surface area contributed by atoms with Crippen molar-refractivity contribution in [3.05, 3.63) is 52.8 Å². The maximum atomic E-state index is 7.52. The van der Waals surface area contributed by atoms with Gasteiger partial charge in [0.05, 0.1) is 11.3 Å². The average molecular weight is 262 g/mol. The lowest BCUT2D eigenvalue weighted by Crippen LogP contribution is -2.12. The average Bonchev–Trinajstić information content (AvgIpc) is 2.34. The number of amidine groups is 1. The standard InChI is InChI=1S/C13H12ClN3O/c1-8-11(3-2-6-17-8)18-12-5-4-9(14)7-10(12)13(15)16/h2-7H,1H3,(H3,15,16). The van der Waals surface area contributed by atoms with E-state index in [4.69, 9.17) is 27.5 Å². The van der Waals surface area contributed by atoms with Gasteiger partial charge in [-0.05, 0) is 37.3 Å². The van der Waals surface area contributed by atoms with Crippen LogP contribution in [-0.4, -0.2) is 10.8 Å². The SMILES string of the molecule is Cc1ncccc1Oc1ccc(Cl)cc1C(=N)N. The molecule has 18 heavy (non-hydrogen) atoms. The zero-order chi connectivity index (χ0) is 13.1. The van der Waals surface area contributed by atoms with Gasteiger partial charge in [-0.25, -0.2) is 0 Å². The second-order valence-corrected chi connectivity index (χ2v) is 4.18. The summed E-state index contributed by atoms with van der Waals surface area (Å²) < 4.78 is 5.71. The first-order valence-corrected chi connectivity index (χ1v) is 5.69. The van der Waals surface area contributed by atoms with Gasteiger partial charge in [0, 0.05) is 11.2 Å². The first kappa shape index (κ1) is 12.4. The van der Waals surface area contributed by atoms with Gasteiger partial charge in [-0.1, -0.05) is 11.6 Å². The summed E-state index contributed by atoms with van der Waals surface area (Å²) in [4.78, 5) is 4.13. The van der Waals surface area contributed by atoms with E-state index in [1.165, 1.54) is 0 Å². The van der Waals surface area contributed by atoms with Crippen molar-refractivity contribution < 1.29 is 4.74 Å². The molecule has 1 heterocycles. The van der Waals surface area contributed by atoms with Crippen molar-refractivity contribution in [2.75, 3.05) is 0 Å². The van der Waals surface area contributed by atoms with E-state index in [2.05, 4.69) is 4.98 Å². The van der Waals surface area contributed by atoms with Crippen LogP contribution in [0.3, 0.4) is 0 Å². The van der Waals surface area contributed by atoms with E-state index >= 15 is 0 Å². The van der Waals surface area contributed by atoms with E-state index in [-0.39, 0.29) is 5.84 Å². The van der Waals surface area contributed by atoms with Gasteiger partial charge < -0.3 is 10.5 Å². The Labute approximate surface area is 110 Å². The lowest BCUT2D eigenvalue weighted by atomic mass is 10.2. The van der Waals surface area contributed by atoms with Crippen LogP contribution in [0.2, 0.25) is 5.02 Å². The van der Waals surface area contributed by atoms with Crippen molar-refractivity contribution in [3.63, 3.8) is 0 Å². The predicted octanol–water partition coefficient (Wildman–Crippen LogP) is 3.12. The van der Waals surface area contributed by atoms with Gasteiger partial charge in [-0.15, -0.1) is 0 Å². The Morgan fingerprint density at radius 3 is 2.78 bits per heavy atom. The third-order valence-electron chi connectivity index (χ3n) is 2.41. The van der Waals surface area contributed by atoms with Gasteiger partial charge in [0.15, 0.2) is 0 Å². The monoisotopic (exact) mass is 261 g/mol. The molecule has 4 nitrogen and oxygen atoms in total. The topological polar surface area (TPSA) is 72.0 Å². The molecule has 0 bridgehead atoms. The Bertz CT molecular complexity index is 599. The number of rotatable bonds is 3. The number of aryl methyl sites for hydroxylation is 1. The van der Waals surface area contributed by atoms with Crippen molar-refractivity contribution in [1.29, 1.82) is 5.41 Å².